The highest BCUT2D eigenvalue weighted by molar-refractivity contribution is 5.93. The molecular formula is C22H24F2N2O4. The van der Waals surface area contributed by atoms with E-state index >= 15 is 0 Å². The van der Waals surface area contributed by atoms with Gasteiger partial charge in [0, 0.05) is 6.07 Å². The van der Waals surface area contributed by atoms with E-state index in [0.29, 0.717) is 11.6 Å². The van der Waals surface area contributed by atoms with E-state index in [9.17, 15) is 23.2 Å². The number of hydrogen-bond acceptors (Lipinski definition) is 4. The summed E-state index contributed by atoms with van der Waals surface area (Å²) in [5.74, 6) is -3.44. The summed E-state index contributed by atoms with van der Waals surface area (Å²) in [5, 5.41) is 5.10. The number of hydrogen-bond donors (Lipinski definition) is 2. The molecule has 0 spiro atoms. The summed E-state index contributed by atoms with van der Waals surface area (Å²) < 4.78 is 31.7. The fourth-order valence-corrected chi connectivity index (χ4v) is 2.90. The lowest BCUT2D eigenvalue weighted by atomic mass is 9.91. The van der Waals surface area contributed by atoms with Crippen LogP contribution in [0.3, 0.4) is 0 Å². The van der Waals surface area contributed by atoms with E-state index in [1.54, 1.807) is 37.3 Å². The molecule has 0 saturated carbocycles. The minimum atomic E-state index is -1.46. The van der Waals surface area contributed by atoms with Gasteiger partial charge in [-0.05, 0) is 44.0 Å². The van der Waals surface area contributed by atoms with Crippen LogP contribution in [0.2, 0.25) is 0 Å². The molecule has 30 heavy (non-hydrogen) atoms. The average molecular weight is 418 g/mol. The van der Waals surface area contributed by atoms with Crippen LogP contribution in [0, 0.1) is 11.6 Å². The van der Waals surface area contributed by atoms with Gasteiger partial charge < -0.3 is 15.4 Å². The molecule has 0 fully saturated rings. The maximum Gasteiger partial charge on any atom is 0.336 e. The molecule has 0 aliphatic rings. The molecule has 0 radical (unpaired) electrons. The van der Waals surface area contributed by atoms with Crippen molar-refractivity contribution in [3.05, 3.63) is 71.3 Å². The SMILES string of the molecule is CCOC(=O)C(C)(NC(=O)[C@H](C)NC(=O)Cc1cc(F)cc(F)c1)c1ccccc1. The van der Waals surface area contributed by atoms with Gasteiger partial charge in [0.2, 0.25) is 11.8 Å². The third-order valence-corrected chi connectivity index (χ3v) is 4.47. The lowest BCUT2D eigenvalue weighted by molar-refractivity contribution is -0.153. The van der Waals surface area contributed by atoms with Crippen molar-refractivity contribution in [2.75, 3.05) is 6.61 Å². The lowest BCUT2D eigenvalue weighted by Crippen LogP contribution is -2.55. The Kier molecular flexibility index (Phi) is 7.63. The highest BCUT2D eigenvalue weighted by Crippen LogP contribution is 2.22. The number of esters is 1. The summed E-state index contributed by atoms with van der Waals surface area (Å²) in [5.41, 5.74) is -0.803. The monoisotopic (exact) mass is 418 g/mol. The zero-order valence-electron chi connectivity index (χ0n) is 17.0. The van der Waals surface area contributed by atoms with Crippen molar-refractivity contribution in [2.24, 2.45) is 0 Å². The van der Waals surface area contributed by atoms with Gasteiger partial charge in [0.1, 0.15) is 17.7 Å². The standard InChI is InChI=1S/C22H24F2N2O4/c1-4-30-21(29)22(3,16-8-6-5-7-9-16)26-20(28)14(2)25-19(27)12-15-10-17(23)13-18(24)11-15/h5-11,13-14H,4,12H2,1-3H3,(H,25,27)(H,26,28)/t14-,22?/m0/s1. The molecule has 2 aromatic carbocycles. The van der Waals surface area contributed by atoms with Crippen LogP contribution in [0.5, 0.6) is 0 Å². The number of benzene rings is 2. The third-order valence-electron chi connectivity index (χ3n) is 4.47. The van der Waals surface area contributed by atoms with E-state index in [0.717, 1.165) is 12.1 Å². The smallest absolute Gasteiger partial charge is 0.336 e. The minimum Gasteiger partial charge on any atom is -0.464 e. The maximum atomic E-state index is 13.3. The summed E-state index contributed by atoms with van der Waals surface area (Å²) in [6.07, 6.45) is -0.305. The van der Waals surface area contributed by atoms with Crippen molar-refractivity contribution in [3.8, 4) is 0 Å². The second kappa shape index (κ2) is 9.96. The Morgan fingerprint density at radius 1 is 1.07 bits per heavy atom. The number of ether oxygens (including phenoxy) is 1. The topological polar surface area (TPSA) is 84.5 Å². The molecule has 0 bridgehead atoms. The number of rotatable bonds is 8. The van der Waals surface area contributed by atoms with Crippen molar-refractivity contribution in [1.29, 1.82) is 0 Å². The molecule has 2 N–H and O–H groups in total. The lowest BCUT2D eigenvalue weighted by Gasteiger charge is -2.30. The predicted octanol–water partition coefficient (Wildman–Crippen LogP) is 2.61. The molecule has 0 aromatic heterocycles. The van der Waals surface area contributed by atoms with E-state index in [1.165, 1.54) is 13.8 Å². The molecule has 2 aromatic rings. The van der Waals surface area contributed by atoms with Gasteiger partial charge in [0.05, 0.1) is 13.0 Å². The Morgan fingerprint density at radius 3 is 2.23 bits per heavy atom. The largest absolute Gasteiger partial charge is 0.464 e. The van der Waals surface area contributed by atoms with Crippen molar-refractivity contribution in [3.63, 3.8) is 0 Å². The maximum absolute atomic E-state index is 13.3. The van der Waals surface area contributed by atoms with Crippen molar-refractivity contribution >= 4 is 17.8 Å². The zero-order chi connectivity index (χ0) is 22.3. The normalized spacial score (nSPS) is 13.6. The summed E-state index contributed by atoms with van der Waals surface area (Å²) in [6.45, 7) is 4.75. The molecule has 0 saturated heterocycles. The van der Waals surface area contributed by atoms with Gasteiger partial charge in [0.25, 0.3) is 0 Å². The van der Waals surface area contributed by atoms with Crippen molar-refractivity contribution < 1.29 is 27.9 Å². The molecule has 1 unspecified atom stereocenters. The first kappa shape index (κ1) is 23.0. The van der Waals surface area contributed by atoms with Crippen LogP contribution in [0.4, 0.5) is 8.78 Å². The van der Waals surface area contributed by atoms with Gasteiger partial charge in [-0.2, -0.15) is 0 Å². The first-order valence-electron chi connectivity index (χ1n) is 9.44. The molecule has 8 heteroatoms. The Bertz CT molecular complexity index is 900. The number of halogens is 2. The fourth-order valence-electron chi connectivity index (χ4n) is 2.90. The van der Waals surface area contributed by atoms with E-state index in [4.69, 9.17) is 4.74 Å². The number of carbonyl (C=O) groups excluding carboxylic acids is 3. The van der Waals surface area contributed by atoms with Crippen molar-refractivity contribution in [2.45, 2.75) is 38.8 Å². The molecular weight excluding hydrogens is 394 g/mol. The van der Waals surface area contributed by atoms with Gasteiger partial charge >= 0.3 is 5.97 Å². The molecule has 0 heterocycles. The van der Waals surface area contributed by atoms with Gasteiger partial charge in [0.15, 0.2) is 5.54 Å². The van der Waals surface area contributed by atoms with E-state index in [-0.39, 0.29) is 18.6 Å². The van der Waals surface area contributed by atoms with Crippen molar-refractivity contribution in [1.82, 2.24) is 10.6 Å². The van der Waals surface area contributed by atoms with Crippen LogP contribution in [0.15, 0.2) is 48.5 Å². The van der Waals surface area contributed by atoms with Gasteiger partial charge in [-0.1, -0.05) is 30.3 Å². The van der Waals surface area contributed by atoms with Crippen LogP contribution in [-0.2, 0) is 31.1 Å². The first-order chi connectivity index (χ1) is 14.2. The minimum absolute atomic E-state index is 0.133. The Balaban J connectivity index is 2.09. The highest BCUT2D eigenvalue weighted by Gasteiger charge is 2.39. The molecule has 2 amide bonds. The quantitative estimate of drug-likeness (QED) is 0.646. The molecule has 0 aliphatic carbocycles. The van der Waals surface area contributed by atoms with E-state index < -0.39 is 41.0 Å². The van der Waals surface area contributed by atoms with Crippen LogP contribution in [0.25, 0.3) is 0 Å². The van der Waals surface area contributed by atoms with E-state index in [1.807, 2.05) is 0 Å². The summed E-state index contributed by atoms with van der Waals surface area (Å²) in [7, 11) is 0. The van der Waals surface area contributed by atoms with Gasteiger partial charge in [-0.25, -0.2) is 13.6 Å². The predicted molar refractivity (Wildman–Crippen MR) is 106 cm³/mol. The summed E-state index contributed by atoms with van der Waals surface area (Å²) >= 11 is 0. The molecule has 6 nitrogen and oxygen atoms in total. The fraction of sp³-hybridized carbons (Fsp3) is 0.318. The number of amides is 2. The molecule has 0 aliphatic heterocycles. The number of nitrogens with one attached hydrogen (secondary N) is 2. The van der Waals surface area contributed by atoms with Crippen LogP contribution < -0.4 is 10.6 Å². The summed E-state index contributed by atoms with van der Waals surface area (Å²) in [6, 6.07) is 10.4. The third kappa shape index (κ3) is 5.85. The zero-order valence-corrected chi connectivity index (χ0v) is 17.0. The summed E-state index contributed by atoms with van der Waals surface area (Å²) in [4.78, 5) is 37.4. The Morgan fingerprint density at radius 2 is 1.67 bits per heavy atom. The molecule has 2 atom stereocenters. The highest BCUT2D eigenvalue weighted by atomic mass is 19.1. The first-order valence-corrected chi connectivity index (χ1v) is 9.44. The average Bonchev–Trinajstić information content (AvgIpc) is 2.67. The molecule has 2 rings (SSSR count). The van der Waals surface area contributed by atoms with Crippen LogP contribution >= 0.6 is 0 Å². The van der Waals surface area contributed by atoms with Crippen LogP contribution in [-0.4, -0.2) is 30.4 Å². The van der Waals surface area contributed by atoms with E-state index in [2.05, 4.69) is 10.6 Å². The Labute approximate surface area is 173 Å². The second-order valence-electron chi connectivity index (χ2n) is 6.94. The molecule has 160 valence electrons. The van der Waals surface area contributed by atoms with Crippen LogP contribution in [0.1, 0.15) is 31.9 Å². The van der Waals surface area contributed by atoms with Gasteiger partial charge in [-0.3, -0.25) is 9.59 Å². The Hall–Kier alpha value is -3.29. The second-order valence-corrected chi connectivity index (χ2v) is 6.94. The number of carbonyl (C=O) groups is 3. The van der Waals surface area contributed by atoms with Gasteiger partial charge in [-0.15, -0.1) is 0 Å².